The van der Waals surface area contributed by atoms with E-state index in [9.17, 15) is 0 Å². The van der Waals surface area contributed by atoms with E-state index in [1.807, 2.05) is 0 Å². The van der Waals surface area contributed by atoms with Crippen LogP contribution in [0.25, 0.3) is 0 Å². The SMILES string of the molecule is CC(C)(C)c1[c-]cc(C(C)(C)C)c(C(C)(C)C)c1C(C)(C)C.[Ir]. The van der Waals surface area contributed by atoms with Gasteiger partial charge < -0.3 is 0 Å². The molecule has 1 radical (unpaired) electrons. The topological polar surface area (TPSA) is 0 Å². The zero-order valence-electron chi connectivity index (χ0n) is 17.4. The van der Waals surface area contributed by atoms with Crippen LogP contribution in [0.2, 0.25) is 0 Å². The molecule has 0 heterocycles. The van der Waals surface area contributed by atoms with Crippen LogP contribution >= 0.6 is 0 Å². The van der Waals surface area contributed by atoms with Crippen LogP contribution in [0.3, 0.4) is 0 Å². The van der Waals surface area contributed by atoms with Gasteiger partial charge in [0, 0.05) is 20.1 Å². The first kappa shape index (κ1) is 22.9. The van der Waals surface area contributed by atoms with Gasteiger partial charge in [-0.05, 0) is 10.8 Å². The smallest absolute Gasteiger partial charge is 0 e. The molecule has 0 fully saturated rings. The van der Waals surface area contributed by atoms with E-state index in [1.54, 1.807) is 0 Å². The van der Waals surface area contributed by atoms with Gasteiger partial charge in [-0.25, -0.2) is 0 Å². The largest absolute Gasteiger partial charge is 0.179 e. The van der Waals surface area contributed by atoms with Crippen molar-refractivity contribution >= 4 is 0 Å². The van der Waals surface area contributed by atoms with E-state index in [-0.39, 0.29) is 41.8 Å². The third-order valence-corrected chi connectivity index (χ3v) is 4.19. The van der Waals surface area contributed by atoms with Crippen LogP contribution in [0.15, 0.2) is 6.07 Å². The number of hydrogen-bond donors (Lipinski definition) is 0. The molecule has 0 N–H and O–H groups in total. The molecule has 0 nitrogen and oxygen atoms in total. The van der Waals surface area contributed by atoms with E-state index < -0.39 is 0 Å². The van der Waals surface area contributed by atoms with Crippen molar-refractivity contribution < 1.29 is 20.1 Å². The van der Waals surface area contributed by atoms with Crippen LogP contribution in [0, 0.1) is 6.07 Å². The van der Waals surface area contributed by atoms with E-state index in [0.717, 1.165) is 0 Å². The van der Waals surface area contributed by atoms with Crippen LogP contribution in [-0.4, -0.2) is 0 Å². The van der Waals surface area contributed by atoms with Gasteiger partial charge in [0.15, 0.2) is 0 Å². The second-order valence-electron chi connectivity index (χ2n) is 10.8. The van der Waals surface area contributed by atoms with Crippen LogP contribution in [0.4, 0.5) is 0 Å². The summed E-state index contributed by atoms with van der Waals surface area (Å²) in [5.74, 6) is 0. The average Bonchev–Trinajstić information content (AvgIpc) is 2.22. The van der Waals surface area contributed by atoms with Crippen molar-refractivity contribution in [3.05, 3.63) is 34.4 Å². The van der Waals surface area contributed by atoms with Gasteiger partial charge in [-0.3, -0.25) is 0 Å². The van der Waals surface area contributed by atoms with Crippen LogP contribution in [0.5, 0.6) is 0 Å². The Labute approximate surface area is 159 Å². The minimum absolute atomic E-state index is 0. The summed E-state index contributed by atoms with van der Waals surface area (Å²) in [5, 5.41) is 0. The van der Waals surface area contributed by atoms with Gasteiger partial charge >= 0.3 is 0 Å². The summed E-state index contributed by atoms with van der Waals surface area (Å²) in [6, 6.07) is 5.93. The molecule has 1 aromatic carbocycles. The molecule has 0 aromatic heterocycles. The molecule has 23 heavy (non-hydrogen) atoms. The Morgan fingerprint density at radius 3 is 1.22 bits per heavy atom. The van der Waals surface area contributed by atoms with Gasteiger partial charge in [0.25, 0.3) is 0 Å². The zero-order valence-corrected chi connectivity index (χ0v) is 19.8. The van der Waals surface area contributed by atoms with E-state index in [0.29, 0.717) is 0 Å². The molecule has 0 aliphatic heterocycles. The predicted molar refractivity (Wildman–Crippen MR) is 100 cm³/mol. The van der Waals surface area contributed by atoms with Crippen molar-refractivity contribution in [1.82, 2.24) is 0 Å². The second kappa shape index (κ2) is 6.64. The molecule has 0 aliphatic carbocycles. The Kier molecular flexibility index (Phi) is 6.60. The van der Waals surface area contributed by atoms with E-state index in [1.165, 1.54) is 22.3 Å². The maximum Gasteiger partial charge on any atom is 0 e. The molecule has 0 saturated carbocycles. The van der Waals surface area contributed by atoms with Crippen LogP contribution < -0.4 is 0 Å². The molecule has 0 saturated heterocycles. The van der Waals surface area contributed by atoms with E-state index in [4.69, 9.17) is 0 Å². The van der Waals surface area contributed by atoms with Crippen molar-refractivity contribution in [2.45, 2.75) is 105 Å². The van der Waals surface area contributed by atoms with Gasteiger partial charge in [-0.15, -0.1) is 16.7 Å². The predicted octanol–water partition coefficient (Wildman–Crippen LogP) is 6.67. The average molecular weight is 494 g/mol. The Morgan fingerprint density at radius 1 is 0.565 bits per heavy atom. The molecule has 0 bridgehead atoms. The number of hydrogen-bond acceptors (Lipinski definition) is 0. The molecule has 0 atom stereocenters. The van der Waals surface area contributed by atoms with Crippen LogP contribution in [-0.2, 0) is 41.8 Å². The van der Waals surface area contributed by atoms with E-state index in [2.05, 4.69) is 95.2 Å². The van der Waals surface area contributed by atoms with Gasteiger partial charge in [0.05, 0.1) is 0 Å². The van der Waals surface area contributed by atoms with Gasteiger partial charge in [-0.1, -0.05) is 93.9 Å². The fourth-order valence-electron chi connectivity index (χ4n) is 3.26. The van der Waals surface area contributed by atoms with Gasteiger partial charge in [-0.2, -0.15) is 17.7 Å². The number of benzene rings is 1. The summed E-state index contributed by atoms with van der Waals surface area (Å²) in [6.45, 7) is 27.9. The molecule has 1 rings (SSSR count). The molecular formula is C22H37Ir-. The Bertz CT molecular complexity index is 487. The molecule has 1 heteroatoms. The molecule has 0 aliphatic rings. The fraction of sp³-hybridized carbons (Fsp3) is 0.727. The fourth-order valence-corrected chi connectivity index (χ4v) is 3.26. The minimum Gasteiger partial charge on any atom is -0.179 e. The molecular weight excluding hydrogens is 456 g/mol. The number of rotatable bonds is 0. The first-order valence-corrected chi connectivity index (χ1v) is 8.58. The standard InChI is InChI=1S/C22H37.Ir/c1-19(2,3)15-13-14-16(20(4,5)6)18(22(10,11)12)17(15)21(7,8)9;/h13H,1-12H3;/q-1;. The quantitative estimate of drug-likeness (QED) is 0.354. The third-order valence-electron chi connectivity index (χ3n) is 4.19. The normalized spacial score (nSPS) is 13.7. The summed E-state index contributed by atoms with van der Waals surface area (Å²) in [5.41, 5.74) is 6.32. The summed E-state index contributed by atoms with van der Waals surface area (Å²) in [4.78, 5) is 0. The maximum atomic E-state index is 3.67. The Balaban J connectivity index is 0.00000484. The first-order valence-electron chi connectivity index (χ1n) is 8.58. The van der Waals surface area contributed by atoms with Crippen molar-refractivity contribution in [2.75, 3.05) is 0 Å². The van der Waals surface area contributed by atoms with E-state index >= 15 is 0 Å². The Morgan fingerprint density at radius 2 is 0.957 bits per heavy atom. The van der Waals surface area contributed by atoms with Crippen molar-refractivity contribution in [3.63, 3.8) is 0 Å². The van der Waals surface area contributed by atoms with Crippen molar-refractivity contribution in [2.24, 2.45) is 0 Å². The summed E-state index contributed by atoms with van der Waals surface area (Å²) in [7, 11) is 0. The summed E-state index contributed by atoms with van der Waals surface area (Å²) >= 11 is 0. The molecule has 0 spiro atoms. The maximum absolute atomic E-state index is 3.67. The molecule has 0 amide bonds. The second-order valence-corrected chi connectivity index (χ2v) is 10.8. The first-order chi connectivity index (χ1) is 9.47. The van der Waals surface area contributed by atoms with Gasteiger partial charge in [0.1, 0.15) is 0 Å². The van der Waals surface area contributed by atoms with Crippen molar-refractivity contribution in [3.8, 4) is 0 Å². The minimum atomic E-state index is 0. The zero-order chi connectivity index (χ0) is 17.7. The van der Waals surface area contributed by atoms with Crippen LogP contribution in [0.1, 0.15) is 105 Å². The van der Waals surface area contributed by atoms with Crippen molar-refractivity contribution in [1.29, 1.82) is 0 Å². The molecule has 1 aromatic rings. The molecule has 0 unspecified atom stereocenters. The third kappa shape index (κ3) is 5.17. The Hall–Kier alpha value is -0.131. The van der Waals surface area contributed by atoms with Gasteiger partial charge in [0.2, 0.25) is 0 Å². The summed E-state index contributed by atoms with van der Waals surface area (Å²) < 4.78 is 0. The monoisotopic (exact) mass is 494 g/mol. The summed E-state index contributed by atoms with van der Waals surface area (Å²) in [6.07, 6.45) is 0. The molecule has 135 valence electrons.